The van der Waals surface area contributed by atoms with Crippen LogP contribution in [0.5, 0.6) is 11.5 Å². The molecule has 2 aliphatic heterocycles. The quantitative estimate of drug-likeness (QED) is 0.283. The topological polar surface area (TPSA) is 34.1 Å². The summed E-state index contributed by atoms with van der Waals surface area (Å²) in [5.41, 5.74) is 5.58. The number of hydrogen-bond donors (Lipinski definition) is 0. The Kier molecular flexibility index (Phi) is 5.55. The minimum Gasteiger partial charge on any atom is -0.489 e. The SMILES string of the molecule is Brc1ccc2c(c1)[C@@H]1CC(c3ccccc3)=NN1[C@H](c1ccc(OCc3ccccc3)cc1)O2. The highest BCUT2D eigenvalue weighted by Gasteiger charge is 2.41. The van der Waals surface area contributed by atoms with Crippen molar-refractivity contribution in [3.05, 3.63) is 130 Å². The Morgan fingerprint density at radius 2 is 1.62 bits per heavy atom. The van der Waals surface area contributed by atoms with E-state index in [1.165, 1.54) is 0 Å². The Bertz CT molecular complexity index is 1320. The largest absolute Gasteiger partial charge is 0.489 e. The van der Waals surface area contributed by atoms with Crippen molar-refractivity contribution in [1.29, 1.82) is 0 Å². The monoisotopic (exact) mass is 510 g/mol. The van der Waals surface area contributed by atoms with Crippen LogP contribution >= 0.6 is 15.9 Å². The van der Waals surface area contributed by atoms with Gasteiger partial charge in [-0.1, -0.05) is 76.6 Å². The lowest BCUT2D eigenvalue weighted by Gasteiger charge is -2.38. The van der Waals surface area contributed by atoms with Gasteiger partial charge in [-0.05, 0) is 53.6 Å². The lowest BCUT2D eigenvalue weighted by atomic mass is 9.96. The highest BCUT2D eigenvalue weighted by molar-refractivity contribution is 9.10. The Morgan fingerprint density at radius 1 is 0.882 bits per heavy atom. The van der Waals surface area contributed by atoms with E-state index in [-0.39, 0.29) is 12.3 Å². The van der Waals surface area contributed by atoms with Crippen LogP contribution in [0.15, 0.2) is 113 Å². The molecule has 0 N–H and O–H groups in total. The molecular formula is C29H23BrN2O2. The lowest BCUT2D eigenvalue weighted by Crippen LogP contribution is -2.33. The van der Waals surface area contributed by atoms with E-state index in [9.17, 15) is 0 Å². The number of benzene rings is 4. The van der Waals surface area contributed by atoms with Crippen LogP contribution in [0.25, 0.3) is 0 Å². The van der Waals surface area contributed by atoms with Crippen molar-refractivity contribution in [2.45, 2.75) is 25.3 Å². The van der Waals surface area contributed by atoms with E-state index in [1.807, 2.05) is 48.5 Å². The molecule has 6 rings (SSSR count). The molecule has 0 amide bonds. The van der Waals surface area contributed by atoms with E-state index in [0.29, 0.717) is 6.61 Å². The van der Waals surface area contributed by atoms with Gasteiger partial charge in [0.1, 0.15) is 18.1 Å². The van der Waals surface area contributed by atoms with E-state index in [4.69, 9.17) is 14.6 Å². The standard InChI is InChI=1S/C29H23BrN2O2/c30-23-13-16-28-25(17-23)27-18-26(21-9-5-2-6-10-21)31-32(27)29(34-28)22-11-14-24(15-12-22)33-19-20-7-3-1-4-8-20/h1-17,27,29H,18-19H2/t27-,29-/m0/s1. The van der Waals surface area contributed by atoms with E-state index >= 15 is 0 Å². The summed E-state index contributed by atoms with van der Waals surface area (Å²) in [4.78, 5) is 0. The second-order valence-corrected chi connectivity index (χ2v) is 9.42. The van der Waals surface area contributed by atoms with Gasteiger partial charge in [-0.2, -0.15) is 5.10 Å². The maximum absolute atomic E-state index is 6.50. The van der Waals surface area contributed by atoms with Crippen LogP contribution in [-0.4, -0.2) is 10.7 Å². The van der Waals surface area contributed by atoms with Crippen LogP contribution < -0.4 is 9.47 Å². The zero-order chi connectivity index (χ0) is 22.9. The maximum Gasteiger partial charge on any atom is 0.213 e. The molecule has 2 heterocycles. The first-order chi connectivity index (χ1) is 16.7. The van der Waals surface area contributed by atoms with E-state index in [2.05, 4.69) is 75.5 Å². The van der Waals surface area contributed by atoms with E-state index in [0.717, 1.165) is 50.4 Å². The molecule has 0 fully saturated rings. The highest BCUT2D eigenvalue weighted by atomic mass is 79.9. The number of nitrogens with zero attached hydrogens (tertiary/aromatic N) is 2. The highest BCUT2D eigenvalue weighted by Crippen LogP contribution is 2.48. The molecule has 0 saturated heterocycles. The average Bonchev–Trinajstić information content (AvgIpc) is 3.35. The molecule has 34 heavy (non-hydrogen) atoms. The Labute approximate surface area is 207 Å². The third kappa shape index (κ3) is 4.08. The predicted octanol–water partition coefficient (Wildman–Crippen LogP) is 7.27. The fourth-order valence-corrected chi connectivity index (χ4v) is 4.93. The molecule has 4 nitrogen and oxygen atoms in total. The van der Waals surface area contributed by atoms with Crippen molar-refractivity contribution in [2.24, 2.45) is 5.10 Å². The Balaban J connectivity index is 1.29. The zero-order valence-electron chi connectivity index (χ0n) is 18.5. The van der Waals surface area contributed by atoms with Gasteiger partial charge in [0.05, 0.1) is 11.8 Å². The summed E-state index contributed by atoms with van der Waals surface area (Å²) in [6.07, 6.45) is 0.536. The van der Waals surface area contributed by atoms with Crippen molar-refractivity contribution in [3.63, 3.8) is 0 Å². The molecular weight excluding hydrogens is 488 g/mol. The van der Waals surface area contributed by atoms with Crippen LogP contribution in [0, 0.1) is 0 Å². The number of hydrazone groups is 1. The summed E-state index contributed by atoms with van der Waals surface area (Å²) in [7, 11) is 0. The minimum atomic E-state index is -0.303. The van der Waals surface area contributed by atoms with Gasteiger partial charge in [-0.15, -0.1) is 0 Å². The smallest absolute Gasteiger partial charge is 0.213 e. The first-order valence-corrected chi connectivity index (χ1v) is 12.2. The van der Waals surface area contributed by atoms with Gasteiger partial charge in [0.25, 0.3) is 0 Å². The molecule has 0 saturated carbocycles. The summed E-state index contributed by atoms with van der Waals surface area (Å²) in [5, 5.41) is 7.15. The number of halogens is 1. The van der Waals surface area contributed by atoms with Crippen LogP contribution in [-0.2, 0) is 6.61 Å². The fraction of sp³-hybridized carbons (Fsp3) is 0.138. The van der Waals surface area contributed by atoms with Crippen LogP contribution in [0.2, 0.25) is 0 Å². The van der Waals surface area contributed by atoms with Crippen molar-refractivity contribution in [2.75, 3.05) is 0 Å². The van der Waals surface area contributed by atoms with Crippen LogP contribution in [0.1, 0.15) is 40.9 Å². The predicted molar refractivity (Wildman–Crippen MR) is 137 cm³/mol. The summed E-state index contributed by atoms with van der Waals surface area (Å²) >= 11 is 3.62. The molecule has 4 aromatic rings. The average molecular weight is 511 g/mol. The number of rotatable bonds is 5. The number of hydrogen-bond acceptors (Lipinski definition) is 4. The summed E-state index contributed by atoms with van der Waals surface area (Å²) in [5.74, 6) is 1.74. The van der Waals surface area contributed by atoms with Crippen molar-refractivity contribution in [1.82, 2.24) is 5.01 Å². The third-order valence-electron chi connectivity index (χ3n) is 6.27. The second-order valence-electron chi connectivity index (χ2n) is 8.51. The van der Waals surface area contributed by atoms with Crippen molar-refractivity contribution < 1.29 is 9.47 Å². The molecule has 168 valence electrons. The Hall–Kier alpha value is -3.57. The van der Waals surface area contributed by atoms with Gasteiger partial charge >= 0.3 is 0 Å². The van der Waals surface area contributed by atoms with Crippen LogP contribution in [0.4, 0.5) is 0 Å². The number of ether oxygens (including phenoxy) is 2. The molecule has 0 aliphatic carbocycles. The second kappa shape index (κ2) is 8.99. The normalized spacial score (nSPS) is 18.5. The van der Waals surface area contributed by atoms with E-state index in [1.54, 1.807) is 0 Å². The van der Waals surface area contributed by atoms with Gasteiger partial charge in [-0.25, -0.2) is 5.01 Å². The van der Waals surface area contributed by atoms with Crippen molar-refractivity contribution >= 4 is 21.6 Å². The Morgan fingerprint density at radius 3 is 2.38 bits per heavy atom. The summed E-state index contributed by atoms with van der Waals surface area (Å²) in [6.45, 7) is 0.543. The molecule has 2 aliphatic rings. The number of fused-ring (bicyclic) bond motifs is 3. The van der Waals surface area contributed by atoms with Gasteiger partial charge in [0.15, 0.2) is 0 Å². The molecule has 0 unspecified atom stereocenters. The van der Waals surface area contributed by atoms with Gasteiger partial charge in [0, 0.05) is 22.0 Å². The molecule has 0 spiro atoms. The molecule has 4 aromatic carbocycles. The van der Waals surface area contributed by atoms with Crippen LogP contribution in [0.3, 0.4) is 0 Å². The first-order valence-electron chi connectivity index (χ1n) is 11.4. The fourth-order valence-electron chi connectivity index (χ4n) is 4.55. The molecule has 2 atom stereocenters. The lowest BCUT2D eigenvalue weighted by molar-refractivity contribution is -0.0191. The molecule has 0 bridgehead atoms. The zero-order valence-corrected chi connectivity index (χ0v) is 20.1. The molecule has 0 radical (unpaired) electrons. The van der Waals surface area contributed by atoms with Gasteiger partial charge < -0.3 is 9.47 Å². The first kappa shape index (κ1) is 21.0. The summed E-state index contributed by atoms with van der Waals surface area (Å²) in [6, 6.07) is 35.1. The van der Waals surface area contributed by atoms with E-state index < -0.39 is 0 Å². The maximum atomic E-state index is 6.50. The minimum absolute atomic E-state index is 0.121. The molecule has 0 aromatic heterocycles. The third-order valence-corrected chi connectivity index (χ3v) is 6.77. The van der Waals surface area contributed by atoms with Gasteiger partial charge in [0.2, 0.25) is 6.23 Å². The van der Waals surface area contributed by atoms with Gasteiger partial charge in [-0.3, -0.25) is 0 Å². The molecule has 5 heteroatoms. The van der Waals surface area contributed by atoms with Crippen molar-refractivity contribution in [3.8, 4) is 11.5 Å². The summed E-state index contributed by atoms with van der Waals surface area (Å²) < 4.78 is 13.5.